The lowest BCUT2D eigenvalue weighted by atomic mass is 10.0. The topological polar surface area (TPSA) is 83.8 Å². The zero-order valence-electron chi connectivity index (χ0n) is 18.5. The number of nitriles is 1. The maximum absolute atomic E-state index is 13.2. The first-order valence-electron chi connectivity index (χ1n) is 10.8. The summed E-state index contributed by atoms with van der Waals surface area (Å²) >= 11 is 18.4. The highest BCUT2D eigenvalue weighted by Gasteiger charge is 2.33. The second-order valence-corrected chi connectivity index (χ2v) is 9.07. The Bertz CT molecular complexity index is 1260. The summed E-state index contributed by atoms with van der Waals surface area (Å²) in [6.45, 7) is 1.25. The fourth-order valence-corrected chi connectivity index (χ4v) is 4.31. The van der Waals surface area contributed by atoms with Gasteiger partial charge in [0.25, 0.3) is 0 Å². The first-order valence-corrected chi connectivity index (χ1v) is 11.9. The highest BCUT2D eigenvalue weighted by Crippen LogP contribution is 2.29. The third-order valence-electron chi connectivity index (χ3n) is 5.55. The molecule has 0 aliphatic carbocycles. The third-order valence-corrected chi connectivity index (χ3v) is 6.37. The Hall–Kier alpha value is -3.44. The van der Waals surface area contributed by atoms with E-state index in [2.05, 4.69) is 15.6 Å². The highest BCUT2D eigenvalue weighted by molar-refractivity contribution is 6.35. The number of rotatable bonds is 3. The fraction of sp³-hybridized carbons (Fsp3) is 0.160. The Labute approximate surface area is 218 Å². The molecule has 1 fully saturated rings. The third kappa shape index (κ3) is 6.17. The molecular weight excluding hydrogens is 507 g/mol. The Morgan fingerprint density at radius 2 is 1.66 bits per heavy atom. The van der Waals surface area contributed by atoms with Crippen molar-refractivity contribution in [2.45, 2.75) is 6.04 Å². The minimum absolute atomic E-state index is 0.231. The lowest BCUT2D eigenvalue weighted by Gasteiger charge is -2.42. The number of carbonyl (C=O) groups is 1. The number of hydrogen-bond donors (Lipinski definition) is 2. The van der Waals surface area contributed by atoms with Gasteiger partial charge in [-0.3, -0.25) is 0 Å². The maximum Gasteiger partial charge on any atom is 0.322 e. The van der Waals surface area contributed by atoms with Gasteiger partial charge in [-0.2, -0.15) is 5.26 Å². The van der Waals surface area contributed by atoms with Gasteiger partial charge in [0.05, 0.1) is 16.8 Å². The van der Waals surface area contributed by atoms with Crippen LogP contribution in [0.5, 0.6) is 0 Å². The number of piperazine rings is 1. The molecule has 0 bridgehead atoms. The van der Waals surface area contributed by atoms with Crippen molar-refractivity contribution >= 4 is 58.2 Å². The number of nitrogens with one attached hydrogen (secondary N) is 2. The van der Waals surface area contributed by atoms with Crippen molar-refractivity contribution in [3.8, 4) is 6.19 Å². The standard InChI is InChI=1S/C25H21Cl3N6O/c26-18-6-9-20(10-7-18)31-25(35)34-13-12-33(15-23(34)17-4-2-1-3-5-17)24(30-16-29)32-22-14-19(27)8-11-21(22)28/h1-11,14,23H,12-13,15H2,(H,30,32)(H,31,35). The zero-order valence-corrected chi connectivity index (χ0v) is 20.7. The zero-order chi connectivity index (χ0) is 24.8. The SMILES string of the molecule is N#C/N=C(/Nc1cc(Cl)ccc1Cl)N1CCN(C(=O)Nc2ccc(Cl)cc2)C(c2ccccc2)C1. The van der Waals surface area contributed by atoms with Crippen LogP contribution < -0.4 is 10.6 Å². The lowest BCUT2D eigenvalue weighted by molar-refractivity contribution is 0.136. The van der Waals surface area contributed by atoms with E-state index in [9.17, 15) is 10.1 Å². The molecule has 2 amide bonds. The van der Waals surface area contributed by atoms with E-state index in [1.165, 1.54) is 0 Å². The van der Waals surface area contributed by atoms with Crippen LogP contribution in [0.4, 0.5) is 16.2 Å². The molecule has 1 saturated heterocycles. The summed E-state index contributed by atoms with van der Waals surface area (Å²) in [5.74, 6) is 0.329. The van der Waals surface area contributed by atoms with Gasteiger partial charge >= 0.3 is 6.03 Å². The predicted molar refractivity (Wildman–Crippen MR) is 141 cm³/mol. The van der Waals surface area contributed by atoms with Gasteiger partial charge in [0.2, 0.25) is 12.2 Å². The number of amides is 2. The first kappa shape index (κ1) is 24.7. The van der Waals surface area contributed by atoms with Gasteiger partial charge in [0, 0.05) is 35.4 Å². The van der Waals surface area contributed by atoms with Crippen LogP contribution in [0.3, 0.4) is 0 Å². The number of urea groups is 1. The van der Waals surface area contributed by atoms with Crippen LogP contribution in [0.1, 0.15) is 11.6 Å². The summed E-state index contributed by atoms with van der Waals surface area (Å²) in [6.07, 6.45) is 1.85. The summed E-state index contributed by atoms with van der Waals surface area (Å²) in [7, 11) is 0. The molecule has 1 heterocycles. The van der Waals surface area contributed by atoms with E-state index in [0.29, 0.717) is 52.0 Å². The van der Waals surface area contributed by atoms with Crippen LogP contribution in [0, 0.1) is 11.5 Å². The van der Waals surface area contributed by atoms with E-state index < -0.39 is 0 Å². The number of anilines is 2. The van der Waals surface area contributed by atoms with Crippen molar-refractivity contribution in [1.29, 1.82) is 5.26 Å². The van der Waals surface area contributed by atoms with E-state index in [4.69, 9.17) is 34.8 Å². The Kier molecular flexibility index (Phi) is 7.98. The molecule has 10 heteroatoms. The van der Waals surface area contributed by atoms with Crippen molar-refractivity contribution in [2.24, 2.45) is 4.99 Å². The van der Waals surface area contributed by atoms with Crippen LogP contribution in [0.15, 0.2) is 77.8 Å². The van der Waals surface area contributed by atoms with Crippen molar-refractivity contribution in [3.63, 3.8) is 0 Å². The van der Waals surface area contributed by atoms with Crippen molar-refractivity contribution < 1.29 is 4.79 Å². The number of guanidine groups is 1. The van der Waals surface area contributed by atoms with Crippen molar-refractivity contribution in [1.82, 2.24) is 9.80 Å². The number of hydrogen-bond acceptors (Lipinski definition) is 3. The number of benzene rings is 3. The molecule has 7 nitrogen and oxygen atoms in total. The average Bonchev–Trinajstić information content (AvgIpc) is 2.87. The molecule has 1 aliphatic heterocycles. The monoisotopic (exact) mass is 526 g/mol. The summed E-state index contributed by atoms with van der Waals surface area (Å²) in [4.78, 5) is 20.9. The Morgan fingerprint density at radius 1 is 0.943 bits per heavy atom. The van der Waals surface area contributed by atoms with E-state index in [1.807, 2.05) is 41.4 Å². The molecule has 1 aliphatic rings. The van der Waals surface area contributed by atoms with Gasteiger partial charge in [-0.05, 0) is 48.0 Å². The summed E-state index contributed by atoms with van der Waals surface area (Å²) in [5.41, 5.74) is 2.14. The first-order chi connectivity index (χ1) is 16.9. The lowest BCUT2D eigenvalue weighted by Crippen LogP contribution is -2.54. The molecule has 0 spiro atoms. The van der Waals surface area contributed by atoms with Gasteiger partial charge in [0.1, 0.15) is 0 Å². The minimum Gasteiger partial charge on any atom is -0.338 e. The van der Waals surface area contributed by atoms with Gasteiger partial charge < -0.3 is 20.4 Å². The van der Waals surface area contributed by atoms with Gasteiger partial charge in [0.15, 0.2) is 0 Å². The second-order valence-electron chi connectivity index (χ2n) is 7.79. The van der Waals surface area contributed by atoms with Crippen LogP contribution >= 0.6 is 34.8 Å². The molecule has 1 atom stereocenters. The molecule has 3 aromatic carbocycles. The van der Waals surface area contributed by atoms with Gasteiger partial charge in [-0.25, -0.2) is 4.79 Å². The van der Waals surface area contributed by atoms with E-state index in [0.717, 1.165) is 5.56 Å². The molecule has 35 heavy (non-hydrogen) atoms. The quantitative estimate of drug-likeness (QED) is 0.232. The minimum atomic E-state index is -0.294. The molecule has 0 saturated carbocycles. The molecule has 178 valence electrons. The van der Waals surface area contributed by atoms with Gasteiger partial charge in [-0.1, -0.05) is 65.1 Å². The van der Waals surface area contributed by atoms with Crippen molar-refractivity contribution in [2.75, 3.05) is 30.3 Å². The van der Waals surface area contributed by atoms with Crippen LogP contribution in [0.25, 0.3) is 0 Å². The molecule has 1 unspecified atom stereocenters. The van der Waals surface area contributed by atoms with Gasteiger partial charge in [-0.15, -0.1) is 4.99 Å². The molecule has 0 aromatic heterocycles. The van der Waals surface area contributed by atoms with Crippen LogP contribution in [-0.4, -0.2) is 41.4 Å². The fourth-order valence-electron chi connectivity index (χ4n) is 3.85. The largest absolute Gasteiger partial charge is 0.338 e. The number of aliphatic imine (C=N–C) groups is 1. The number of nitrogens with zero attached hydrogens (tertiary/aromatic N) is 4. The van der Waals surface area contributed by atoms with E-state index in [1.54, 1.807) is 47.4 Å². The summed E-state index contributed by atoms with van der Waals surface area (Å²) in [6, 6.07) is 21.2. The van der Waals surface area contributed by atoms with Crippen LogP contribution in [0.2, 0.25) is 15.1 Å². The smallest absolute Gasteiger partial charge is 0.322 e. The Morgan fingerprint density at radius 3 is 2.37 bits per heavy atom. The average molecular weight is 528 g/mol. The summed E-state index contributed by atoms with van der Waals surface area (Å²) < 4.78 is 0. The normalized spacial score (nSPS) is 15.9. The molecular formula is C25H21Cl3N6O. The molecule has 0 radical (unpaired) electrons. The van der Waals surface area contributed by atoms with E-state index >= 15 is 0 Å². The second kappa shape index (κ2) is 11.3. The Balaban J connectivity index is 1.58. The molecule has 2 N–H and O–H groups in total. The number of halogens is 3. The predicted octanol–water partition coefficient (Wildman–Crippen LogP) is 6.49. The maximum atomic E-state index is 13.2. The number of carbonyl (C=O) groups excluding carboxylic acids is 1. The molecule has 4 rings (SSSR count). The molecule has 3 aromatic rings. The van der Waals surface area contributed by atoms with E-state index in [-0.39, 0.29) is 12.1 Å². The summed E-state index contributed by atoms with van der Waals surface area (Å²) in [5, 5.41) is 16.9. The van der Waals surface area contributed by atoms with Crippen molar-refractivity contribution in [3.05, 3.63) is 93.4 Å². The van der Waals surface area contributed by atoms with Crippen LogP contribution in [-0.2, 0) is 0 Å². The highest BCUT2D eigenvalue weighted by atomic mass is 35.5.